The van der Waals surface area contributed by atoms with E-state index in [9.17, 15) is 14.4 Å². The molecule has 2 N–H and O–H groups in total. The Morgan fingerprint density at radius 3 is 2.65 bits per heavy atom. The van der Waals surface area contributed by atoms with Crippen LogP contribution in [0.5, 0.6) is 0 Å². The molecule has 2 rings (SSSR count). The molecule has 0 radical (unpaired) electrons. The molecule has 1 aromatic carbocycles. The molecule has 0 saturated carbocycles. The highest BCUT2D eigenvalue weighted by atomic mass is 32.2. The highest BCUT2D eigenvalue weighted by molar-refractivity contribution is 7.98. The van der Waals surface area contributed by atoms with Gasteiger partial charge in [-0.15, -0.1) is 0 Å². The Labute approximate surface area is 137 Å². The van der Waals surface area contributed by atoms with Crippen LogP contribution in [0.25, 0.3) is 0 Å². The predicted octanol–water partition coefficient (Wildman–Crippen LogP) is 0.895. The van der Waals surface area contributed by atoms with Gasteiger partial charge in [-0.3, -0.25) is 19.1 Å². The fourth-order valence-corrected chi connectivity index (χ4v) is 2.74. The van der Waals surface area contributed by atoms with Gasteiger partial charge in [-0.2, -0.15) is 11.8 Å². The number of thioether (sulfide) groups is 1. The van der Waals surface area contributed by atoms with Gasteiger partial charge < -0.3 is 5.32 Å². The summed E-state index contributed by atoms with van der Waals surface area (Å²) in [6.07, 6.45) is 1.31. The van der Waals surface area contributed by atoms with Crippen LogP contribution in [0.1, 0.15) is 11.1 Å². The minimum atomic E-state index is -0.582. The van der Waals surface area contributed by atoms with Crippen molar-refractivity contribution >= 4 is 17.7 Å². The van der Waals surface area contributed by atoms with Crippen molar-refractivity contribution in [2.75, 3.05) is 12.3 Å². The van der Waals surface area contributed by atoms with Crippen molar-refractivity contribution in [2.24, 2.45) is 0 Å². The topological polar surface area (TPSA) is 84.0 Å². The summed E-state index contributed by atoms with van der Waals surface area (Å²) in [5, 5.41) is 2.76. The second-order valence-electron chi connectivity index (χ2n) is 5.13. The molecule has 1 amide bonds. The van der Waals surface area contributed by atoms with Gasteiger partial charge in [0, 0.05) is 30.3 Å². The lowest BCUT2D eigenvalue weighted by Crippen LogP contribution is -2.36. The number of aromatic amines is 1. The smallest absolute Gasteiger partial charge is 0.328 e. The number of carbonyl (C=O) groups excluding carboxylic acids is 1. The molecule has 122 valence electrons. The minimum absolute atomic E-state index is 0.0990. The number of aryl methyl sites for hydroxylation is 1. The van der Waals surface area contributed by atoms with Crippen LogP contribution in [0.4, 0.5) is 0 Å². The molecule has 0 aliphatic rings. The number of nitrogens with zero attached hydrogens (tertiary/aromatic N) is 1. The molecular weight excluding hydrogens is 314 g/mol. The summed E-state index contributed by atoms with van der Waals surface area (Å²) < 4.78 is 1.16. The lowest BCUT2D eigenvalue weighted by atomic mass is 10.2. The third kappa shape index (κ3) is 5.78. The molecule has 1 aromatic heterocycles. The maximum Gasteiger partial charge on any atom is 0.328 e. The Morgan fingerprint density at radius 1 is 1.22 bits per heavy atom. The van der Waals surface area contributed by atoms with Gasteiger partial charge in [0.25, 0.3) is 5.56 Å². The predicted molar refractivity (Wildman–Crippen MR) is 91.7 cm³/mol. The molecule has 0 aliphatic carbocycles. The molecule has 0 bridgehead atoms. The van der Waals surface area contributed by atoms with E-state index in [4.69, 9.17) is 0 Å². The Balaban J connectivity index is 1.67. The molecule has 0 fully saturated rings. The number of hydrogen-bond donors (Lipinski definition) is 2. The van der Waals surface area contributed by atoms with Crippen LogP contribution in [-0.4, -0.2) is 27.8 Å². The van der Waals surface area contributed by atoms with Crippen molar-refractivity contribution in [3.05, 3.63) is 68.5 Å². The molecule has 7 heteroatoms. The lowest BCUT2D eigenvalue weighted by molar-refractivity contribution is -0.121. The van der Waals surface area contributed by atoms with E-state index in [1.807, 2.05) is 0 Å². The van der Waals surface area contributed by atoms with Crippen molar-refractivity contribution in [3.63, 3.8) is 0 Å². The number of benzene rings is 1. The standard InChI is InChI=1S/C16H19N3O3S/c1-12-2-4-13(5-3-12)11-23-9-7-17-15(21)10-19-8-6-14(20)18-16(19)22/h2-6,8H,7,9-11H2,1H3,(H,17,21)(H,18,20,22). The second-order valence-corrected chi connectivity index (χ2v) is 6.23. The van der Waals surface area contributed by atoms with Crippen LogP contribution in [0, 0.1) is 6.92 Å². The average Bonchev–Trinajstić information content (AvgIpc) is 2.51. The minimum Gasteiger partial charge on any atom is -0.354 e. The first-order chi connectivity index (χ1) is 11.0. The monoisotopic (exact) mass is 333 g/mol. The van der Waals surface area contributed by atoms with Gasteiger partial charge >= 0.3 is 5.69 Å². The molecule has 1 heterocycles. The second kappa shape index (κ2) is 8.38. The third-order valence-corrected chi connectivity index (χ3v) is 4.20. The van der Waals surface area contributed by atoms with Crippen LogP contribution < -0.4 is 16.6 Å². The maximum absolute atomic E-state index is 11.7. The first-order valence-corrected chi connectivity index (χ1v) is 8.40. The van der Waals surface area contributed by atoms with Crippen molar-refractivity contribution in [2.45, 2.75) is 19.2 Å². The van der Waals surface area contributed by atoms with Crippen molar-refractivity contribution in [3.8, 4) is 0 Å². The summed E-state index contributed by atoms with van der Waals surface area (Å²) >= 11 is 1.73. The first-order valence-electron chi connectivity index (χ1n) is 7.24. The fraction of sp³-hybridized carbons (Fsp3) is 0.312. The van der Waals surface area contributed by atoms with Gasteiger partial charge in [-0.05, 0) is 12.5 Å². The van der Waals surface area contributed by atoms with Gasteiger partial charge in [0.2, 0.25) is 5.91 Å². The van der Waals surface area contributed by atoms with Crippen molar-refractivity contribution in [1.82, 2.24) is 14.9 Å². The number of amides is 1. The molecule has 0 atom stereocenters. The van der Waals surface area contributed by atoms with Gasteiger partial charge in [0.15, 0.2) is 0 Å². The number of nitrogens with one attached hydrogen (secondary N) is 2. The summed E-state index contributed by atoms with van der Waals surface area (Å²) in [4.78, 5) is 36.2. The quantitative estimate of drug-likeness (QED) is 0.737. The average molecular weight is 333 g/mol. The van der Waals surface area contributed by atoms with E-state index in [1.54, 1.807) is 11.8 Å². The van der Waals surface area contributed by atoms with Gasteiger partial charge in [0.1, 0.15) is 6.54 Å². The number of H-pyrrole nitrogens is 1. The van der Waals surface area contributed by atoms with E-state index in [0.717, 1.165) is 16.1 Å². The number of rotatable bonds is 7. The highest BCUT2D eigenvalue weighted by Gasteiger charge is 2.04. The van der Waals surface area contributed by atoms with Crippen molar-refractivity contribution in [1.29, 1.82) is 0 Å². The number of hydrogen-bond acceptors (Lipinski definition) is 4. The van der Waals surface area contributed by atoms with Crippen LogP contribution in [-0.2, 0) is 17.1 Å². The van der Waals surface area contributed by atoms with Crippen molar-refractivity contribution < 1.29 is 4.79 Å². The van der Waals surface area contributed by atoms with Gasteiger partial charge in [-0.25, -0.2) is 4.79 Å². The van der Waals surface area contributed by atoms with Crippen LogP contribution in [0.3, 0.4) is 0 Å². The van der Waals surface area contributed by atoms with E-state index in [2.05, 4.69) is 41.5 Å². The fourth-order valence-electron chi connectivity index (χ4n) is 1.92. The zero-order valence-corrected chi connectivity index (χ0v) is 13.7. The zero-order chi connectivity index (χ0) is 16.7. The zero-order valence-electron chi connectivity index (χ0n) is 12.9. The van der Waals surface area contributed by atoms with Gasteiger partial charge in [0.05, 0.1) is 0 Å². The summed E-state index contributed by atoms with van der Waals surface area (Å²) in [6.45, 7) is 2.49. The normalized spacial score (nSPS) is 10.5. The SMILES string of the molecule is Cc1ccc(CSCCNC(=O)Cn2ccc(=O)[nH]c2=O)cc1. The molecule has 23 heavy (non-hydrogen) atoms. The third-order valence-electron chi connectivity index (χ3n) is 3.17. The molecular formula is C16H19N3O3S. The molecule has 0 aliphatic heterocycles. The van der Waals surface area contributed by atoms with E-state index < -0.39 is 11.2 Å². The molecule has 0 spiro atoms. The highest BCUT2D eigenvalue weighted by Crippen LogP contribution is 2.12. The summed E-state index contributed by atoms with van der Waals surface area (Å²) in [6, 6.07) is 9.58. The Bertz CT molecular complexity index is 765. The summed E-state index contributed by atoms with van der Waals surface area (Å²) in [5.41, 5.74) is 1.44. The summed E-state index contributed by atoms with van der Waals surface area (Å²) in [5.74, 6) is 1.44. The first kappa shape index (κ1) is 17.1. The van der Waals surface area contributed by atoms with E-state index >= 15 is 0 Å². The van der Waals surface area contributed by atoms with Crippen LogP contribution in [0.15, 0.2) is 46.1 Å². The summed E-state index contributed by atoms with van der Waals surface area (Å²) in [7, 11) is 0. The van der Waals surface area contributed by atoms with E-state index in [1.165, 1.54) is 23.4 Å². The Morgan fingerprint density at radius 2 is 1.96 bits per heavy atom. The number of aromatic nitrogens is 2. The van der Waals surface area contributed by atoms with Crippen LogP contribution in [0.2, 0.25) is 0 Å². The largest absolute Gasteiger partial charge is 0.354 e. The maximum atomic E-state index is 11.7. The Kier molecular flexibility index (Phi) is 6.22. The van der Waals surface area contributed by atoms with E-state index in [0.29, 0.717) is 6.54 Å². The lowest BCUT2D eigenvalue weighted by Gasteiger charge is -2.07. The molecule has 0 unspecified atom stereocenters. The number of carbonyl (C=O) groups is 1. The Hall–Kier alpha value is -2.28. The molecule has 0 saturated heterocycles. The van der Waals surface area contributed by atoms with E-state index in [-0.39, 0.29) is 12.5 Å². The van der Waals surface area contributed by atoms with Crippen LogP contribution >= 0.6 is 11.8 Å². The molecule has 2 aromatic rings. The van der Waals surface area contributed by atoms with Gasteiger partial charge in [-0.1, -0.05) is 29.8 Å². The molecule has 6 nitrogen and oxygen atoms in total.